The van der Waals surface area contributed by atoms with Crippen molar-refractivity contribution in [2.45, 2.75) is 12.8 Å². The number of carbonyl (C=O) groups excluding carboxylic acids is 1. The molecule has 1 aliphatic heterocycles. The highest BCUT2D eigenvalue weighted by Crippen LogP contribution is 2.23. The first kappa shape index (κ1) is 17.2. The first-order valence-corrected chi connectivity index (χ1v) is 9.31. The summed E-state index contributed by atoms with van der Waals surface area (Å²) in [5.41, 5.74) is 2.20. The van der Waals surface area contributed by atoms with Crippen LogP contribution in [-0.2, 0) is 4.79 Å². The van der Waals surface area contributed by atoms with E-state index in [4.69, 9.17) is 0 Å². The van der Waals surface area contributed by atoms with E-state index in [0.29, 0.717) is 18.1 Å². The van der Waals surface area contributed by atoms with Gasteiger partial charge in [0.15, 0.2) is 11.6 Å². The Hall–Kier alpha value is -3.89. The molecule has 11 heteroatoms. The van der Waals surface area contributed by atoms with Crippen LogP contribution in [0, 0.1) is 5.92 Å². The van der Waals surface area contributed by atoms with E-state index in [-0.39, 0.29) is 11.8 Å². The number of anilines is 2. The van der Waals surface area contributed by atoms with E-state index in [1.807, 2.05) is 30.3 Å². The molecule has 4 aromatic rings. The number of nitrogens with zero attached hydrogens (tertiary/aromatic N) is 8. The first-order chi connectivity index (χ1) is 14.3. The second-order valence-electron chi connectivity index (χ2n) is 6.89. The van der Waals surface area contributed by atoms with Crippen molar-refractivity contribution in [3.05, 3.63) is 43.0 Å². The number of benzene rings is 1. The number of nitrogens with one attached hydrogen (secondary N) is 2. The van der Waals surface area contributed by atoms with Crippen molar-refractivity contribution in [2.75, 3.05) is 23.3 Å². The van der Waals surface area contributed by atoms with Crippen molar-refractivity contribution in [3.8, 4) is 5.82 Å². The van der Waals surface area contributed by atoms with Gasteiger partial charge < -0.3 is 10.2 Å². The molecule has 0 radical (unpaired) electrons. The standard InChI is InChI=1S/C18H18N10O/c29-18(21-13-3-4-14-15(8-13)23-26-22-14)12-2-1-7-27(9-12)16-5-6-17(25-24-16)28-11-19-10-20-28/h3-6,8,10-12H,1-2,7,9H2,(H,21,29)(H,22,23,26). The Morgan fingerprint density at radius 1 is 1.10 bits per heavy atom. The second kappa shape index (κ2) is 7.26. The van der Waals surface area contributed by atoms with Crippen molar-refractivity contribution >= 4 is 28.4 Å². The molecule has 0 aliphatic carbocycles. The lowest BCUT2D eigenvalue weighted by molar-refractivity contribution is -0.120. The SMILES string of the molecule is O=C(Nc1ccc2n[nH]nc2c1)C1CCCN(c2ccc(-n3cncn3)nn2)C1. The molecular weight excluding hydrogens is 372 g/mol. The van der Waals surface area contributed by atoms with Gasteiger partial charge in [-0.05, 0) is 43.2 Å². The Kier molecular flexibility index (Phi) is 4.31. The van der Waals surface area contributed by atoms with Crippen LogP contribution in [0.2, 0.25) is 0 Å². The number of amides is 1. The van der Waals surface area contributed by atoms with Crippen LogP contribution in [0.1, 0.15) is 12.8 Å². The van der Waals surface area contributed by atoms with Crippen LogP contribution in [0.4, 0.5) is 11.5 Å². The molecule has 0 saturated carbocycles. The largest absolute Gasteiger partial charge is 0.354 e. The van der Waals surface area contributed by atoms with Gasteiger partial charge >= 0.3 is 0 Å². The van der Waals surface area contributed by atoms with Crippen molar-refractivity contribution in [2.24, 2.45) is 5.92 Å². The molecule has 0 bridgehead atoms. The van der Waals surface area contributed by atoms with E-state index in [9.17, 15) is 4.79 Å². The van der Waals surface area contributed by atoms with Crippen molar-refractivity contribution in [1.29, 1.82) is 0 Å². The quantitative estimate of drug-likeness (QED) is 0.531. The number of H-pyrrole nitrogens is 1. The fourth-order valence-corrected chi connectivity index (χ4v) is 3.50. The van der Waals surface area contributed by atoms with Gasteiger partial charge in [-0.25, -0.2) is 9.67 Å². The molecular formula is C18H18N10O. The van der Waals surface area contributed by atoms with Crippen molar-refractivity contribution < 1.29 is 4.79 Å². The number of hydrogen-bond donors (Lipinski definition) is 2. The van der Waals surface area contributed by atoms with Gasteiger partial charge in [-0.1, -0.05) is 0 Å². The van der Waals surface area contributed by atoms with Gasteiger partial charge in [-0.2, -0.15) is 20.5 Å². The van der Waals surface area contributed by atoms with Gasteiger partial charge in [0, 0.05) is 18.8 Å². The van der Waals surface area contributed by atoms with Crippen LogP contribution >= 0.6 is 0 Å². The maximum absolute atomic E-state index is 12.8. The molecule has 0 spiro atoms. The Bertz CT molecular complexity index is 1120. The molecule has 1 fully saturated rings. The Morgan fingerprint density at radius 2 is 1.97 bits per heavy atom. The van der Waals surface area contributed by atoms with Gasteiger partial charge in [0.1, 0.15) is 23.7 Å². The normalized spacial score (nSPS) is 16.8. The minimum Gasteiger partial charge on any atom is -0.354 e. The van der Waals surface area contributed by atoms with E-state index >= 15 is 0 Å². The zero-order valence-corrected chi connectivity index (χ0v) is 15.4. The predicted octanol–water partition coefficient (Wildman–Crippen LogP) is 1.18. The lowest BCUT2D eigenvalue weighted by Crippen LogP contribution is -2.41. The zero-order valence-electron chi connectivity index (χ0n) is 15.4. The third kappa shape index (κ3) is 3.49. The Morgan fingerprint density at radius 3 is 2.79 bits per heavy atom. The molecule has 11 nitrogen and oxygen atoms in total. The molecule has 29 heavy (non-hydrogen) atoms. The Balaban J connectivity index is 1.26. The van der Waals surface area contributed by atoms with Gasteiger partial charge in [-0.15, -0.1) is 10.2 Å². The van der Waals surface area contributed by atoms with Gasteiger partial charge in [-0.3, -0.25) is 4.79 Å². The van der Waals surface area contributed by atoms with E-state index in [2.05, 4.69) is 45.9 Å². The summed E-state index contributed by atoms with van der Waals surface area (Å²) in [5, 5.41) is 26.2. The molecule has 1 amide bonds. The maximum atomic E-state index is 12.8. The number of hydrogen-bond acceptors (Lipinski definition) is 8. The summed E-state index contributed by atoms with van der Waals surface area (Å²) in [6.07, 6.45) is 4.76. The minimum absolute atomic E-state index is 0.00950. The second-order valence-corrected chi connectivity index (χ2v) is 6.89. The van der Waals surface area contributed by atoms with Gasteiger partial charge in [0.25, 0.3) is 0 Å². The van der Waals surface area contributed by atoms with Crippen molar-refractivity contribution in [3.63, 3.8) is 0 Å². The average molecular weight is 390 g/mol. The third-order valence-electron chi connectivity index (χ3n) is 4.99. The summed E-state index contributed by atoms with van der Waals surface area (Å²) in [6, 6.07) is 9.20. The van der Waals surface area contributed by atoms with Crippen LogP contribution in [0.25, 0.3) is 16.9 Å². The maximum Gasteiger partial charge on any atom is 0.229 e. The fourth-order valence-electron chi connectivity index (χ4n) is 3.50. The number of rotatable bonds is 4. The zero-order chi connectivity index (χ0) is 19.6. The number of fused-ring (bicyclic) bond motifs is 1. The number of carbonyl (C=O) groups is 1. The van der Waals surface area contributed by atoms with Crippen molar-refractivity contribution in [1.82, 2.24) is 40.4 Å². The molecule has 1 atom stereocenters. The number of aromatic amines is 1. The van der Waals surface area contributed by atoms with Gasteiger partial charge in [0.05, 0.1) is 5.92 Å². The van der Waals surface area contributed by atoms with Crippen LogP contribution in [0.5, 0.6) is 0 Å². The van der Waals surface area contributed by atoms with Crippen LogP contribution < -0.4 is 10.2 Å². The lowest BCUT2D eigenvalue weighted by Gasteiger charge is -2.32. The van der Waals surface area contributed by atoms with Crippen LogP contribution in [-0.4, -0.2) is 59.4 Å². The van der Waals surface area contributed by atoms with E-state index in [1.54, 1.807) is 11.0 Å². The smallest absolute Gasteiger partial charge is 0.229 e. The summed E-state index contributed by atoms with van der Waals surface area (Å²) in [4.78, 5) is 18.8. The topological polar surface area (TPSA) is 130 Å². The highest BCUT2D eigenvalue weighted by molar-refractivity contribution is 5.94. The van der Waals surface area contributed by atoms with E-state index in [0.717, 1.165) is 36.2 Å². The summed E-state index contributed by atoms with van der Waals surface area (Å²) in [7, 11) is 0. The summed E-state index contributed by atoms with van der Waals surface area (Å²) < 4.78 is 1.55. The monoisotopic (exact) mass is 390 g/mol. The average Bonchev–Trinajstić information content (AvgIpc) is 3.46. The molecule has 1 unspecified atom stereocenters. The fraction of sp³-hybridized carbons (Fsp3) is 0.278. The first-order valence-electron chi connectivity index (χ1n) is 9.31. The number of piperidine rings is 1. The van der Waals surface area contributed by atoms with Crippen LogP contribution in [0.15, 0.2) is 43.0 Å². The molecule has 5 rings (SSSR count). The van der Waals surface area contributed by atoms with E-state index in [1.165, 1.54) is 6.33 Å². The highest BCUT2D eigenvalue weighted by atomic mass is 16.1. The van der Waals surface area contributed by atoms with Crippen LogP contribution in [0.3, 0.4) is 0 Å². The molecule has 1 saturated heterocycles. The minimum atomic E-state index is -0.131. The molecule has 2 N–H and O–H groups in total. The summed E-state index contributed by atoms with van der Waals surface area (Å²) >= 11 is 0. The molecule has 4 heterocycles. The summed E-state index contributed by atoms with van der Waals surface area (Å²) in [6.45, 7) is 1.43. The summed E-state index contributed by atoms with van der Waals surface area (Å²) in [5.74, 6) is 1.20. The molecule has 3 aromatic heterocycles. The Labute approximate surface area is 165 Å². The molecule has 1 aromatic carbocycles. The lowest BCUT2D eigenvalue weighted by atomic mass is 9.97. The van der Waals surface area contributed by atoms with Gasteiger partial charge in [0.2, 0.25) is 5.91 Å². The number of aromatic nitrogens is 8. The predicted molar refractivity (Wildman–Crippen MR) is 104 cm³/mol. The highest BCUT2D eigenvalue weighted by Gasteiger charge is 2.27. The molecule has 1 aliphatic rings. The molecule has 146 valence electrons. The third-order valence-corrected chi connectivity index (χ3v) is 4.99. The van der Waals surface area contributed by atoms with E-state index < -0.39 is 0 Å².